The first-order chi connectivity index (χ1) is 11.6. The third-order valence-corrected chi connectivity index (χ3v) is 5.38. The minimum atomic E-state index is -0.102. The minimum absolute atomic E-state index is 0.102. The monoisotopic (exact) mass is 515 g/mol. The standard InChI is InChI=1S/C15H11BrIN5OS/c16-10-5-7-11(8-6-10)22-15(19-20-21-22)24-9-14(23)18-13-4-2-1-3-12(13)17/h1-8H,9H2,(H,18,23). The minimum Gasteiger partial charge on any atom is -0.324 e. The number of hydrogen-bond donors (Lipinski definition) is 1. The molecule has 6 nitrogen and oxygen atoms in total. The lowest BCUT2D eigenvalue weighted by molar-refractivity contribution is -0.113. The predicted octanol–water partition coefficient (Wildman–Crippen LogP) is 3.76. The van der Waals surface area contributed by atoms with Crippen LogP contribution in [-0.2, 0) is 4.79 Å². The number of amides is 1. The van der Waals surface area contributed by atoms with Crippen molar-refractivity contribution in [2.24, 2.45) is 0 Å². The lowest BCUT2D eigenvalue weighted by Gasteiger charge is -2.07. The van der Waals surface area contributed by atoms with E-state index in [-0.39, 0.29) is 11.7 Å². The lowest BCUT2D eigenvalue weighted by atomic mass is 10.3. The van der Waals surface area contributed by atoms with Crippen LogP contribution < -0.4 is 5.32 Å². The first-order valence-electron chi connectivity index (χ1n) is 6.85. The van der Waals surface area contributed by atoms with E-state index in [0.717, 1.165) is 19.4 Å². The number of carbonyl (C=O) groups excluding carboxylic acids is 1. The molecule has 0 aliphatic carbocycles. The second-order valence-corrected chi connectivity index (χ2v) is 7.69. The summed E-state index contributed by atoms with van der Waals surface area (Å²) in [6, 6.07) is 15.3. The van der Waals surface area contributed by atoms with Crippen LogP contribution in [0.3, 0.4) is 0 Å². The van der Waals surface area contributed by atoms with Gasteiger partial charge < -0.3 is 5.32 Å². The molecule has 0 fully saturated rings. The third-order valence-electron chi connectivity index (χ3n) is 2.99. The van der Waals surface area contributed by atoms with Crippen LogP contribution >= 0.6 is 50.3 Å². The summed E-state index contributed by atoms with van der Waals surface area (Å²) in [6.07, 6.45) is 0. The van der Waals surface area contributed by atoms with Crippen molar-refractivity contribution in [1.82, 2.24) is 20.2 Å². The summed E-state index contributed by atoms with van der Waals surface area (Å²) < 4.78 is 3.58. The van der Waals surface area contributed by atoms with Gasteiger partial charge in [0.25, 0.3) is 0 Å². The Morgan fingerprint density at radius 2 is 1.96 bits per heavy atom. The van der Waals surface area contributed by atoms with E-state index < -0.39 is 0 Å². The number of thioether (sulfide) groups is 1. The molecule has 0 aliphatic heterocycles. The summed E-state index contributed by atoms with van der Waals surface area (Å²) in [5.41, 5.74) is 1.64. The van der Waals surface area contributed by atoms with E-state index in [1.807, 2.05) is 48.5 Å². The van der Waals surface area contributed by atoms with Gasteiger partial charge in [-0.05, 0) is 69.4 Å². The van der Waals surface area contributed by atoms with E-state index in [0.29, 0.717) is 5.16 Å². The van der Waals surface area contributed by atoms with Gasteiger partial charge >= 0.3 is 0 Å². The molecule has 0 aliphatic rings. The molecule has 1 amide bonds. The van der Waals surface area contributed by atoms with Crippen LogP contribution in [0.4, 0.5) is 5.69 Å². The van der Waals surface area contributed by atoms with Gasteiger partial charge in [0.2, 0.25) is 11.1 Å². The Morgan fingerprint density at radius 3 is 2.71 bits per heavy atom. The Balaban J connectivity index is 1.65. The van der Waals surface area contributed by atoms with Gasteiger partial charge in [-0.2, -0.15) is 4.68 Å². The Kier molecular flexibility index (Phi) is 5.85. The number of nitrogens with zero attached hydrogens (tertiary/aromatic N) is 4. The molecule has 24 heavy (non-hydrogen) atoms. The van der Waals surface area contributed by atoms with Crippen molar-refractivity contribution in [2.45, 2.75) is 5.16 Å². The van der Waals surface area contributed by atoms with Gasteiger partial charge in [-0.3, -0.25) is 4.79 Å². The molecular weight excluding hydrogens is 505 g/mol. The smallest absolute Gasteiger partial charge is 0.234 e. The number of benzene rings is 2. The van der Waals surface area contributed by atoms with Gasteiger partial charge in [0.1, 0.15) is 0 Å². The average molecular weight is 516 g/mol. The van der Waals surface area contributed by atoms with Gasteiger partial charge in [0.15, 0.2) is 0 Å². The molecule has 1 N–H and O–H groups in total. The zero-order valence-electron chi connectivity index (χ0n) is 12.2. The first-order valence-corrected chi connectivity index (χ1v) is 9.71. The molecule has 0 spiro atoms. The molecule has 0 radical (unpaired) electrons. The van der Waals surface area contributed by atoms with Crippen LogP contribution in [0.5, 0.6) is 0 Å². The van der Waals surface area contributed by atoms with Gasteiger partial charge in [-0.1, -0.05) is 39.8 Å². The number of anilines is 1. The van der Waals surface area contributed by atoms with E-state index in [9.17, 15) is 4.79 Å². The molecule has 122 valence electrons. The maximum absolute atomic E-state index is 12.1. The average Bonchev–Trinajstić information content (AvgIpc) is 3.04. The highest BCUT2D eigenvalue weighted by Gasteiger charge is 2.12. The van der Waals surface area contributed by atoms with Gasteiger partial charge in [-0.15, -0.1) is 5.10 Å². The summed E-state index contributed by atoms with van der Waals surface area (Å²) in [7, 11) is 0. The molecule has 0 atom stereocenters. The van der Waals surface area contributed by atoms with E-state index in [2.05, 4.69) is 59.4 Å². The van der Waals surface area contributed by atoms with Crippen molar-refractivity contribution in [3.05, 3.63) is 56.6 Å². The number of para-hydroxylation sites is 1. The summed E-state index contributed by atoms with van der Waals surface area (Å²) in [5.74, 6) is 0.122. The van der Waals surface area contributed by atoms with Gasteiger partial charge in [0, 0.05) is 8.04 Å². The SMILES string of the molecule is O=C(CSc1nnnn1-c1ccc(Br)cc1)Nc1ccccc1I. The summed E-state index contributed by atoms with van der Waals surface area (Å²) in [6.45, 7) is 0. The molecular formula is C15H11BrIN5OS. The third kappa shape index (κ3) is 4.33. The Labute approximate surface area is 164 Å². The van der Waals surface area contributed by atoms with Crippen molar-refractivity contribution < 1.29 is 4.79 Å². The van der Waals surface area contributed by atoms with Gasteiger partial charge in [0.05, 0.1) is 17.1 Å². The number of carbonyl (C=O) groups is 1. The molecule has 1 aromatic heterocycles. The summed E-state index contributed by atoms with van der Waals surface area (Å²) in [5, 5.41) is 15.1. The molecule has 1 heterocycles. The Hall–Kier alpha value is -1.46. The topological polar surface area (TPSA) is 72.7 Å². The van der Waals surface area contributed by atoms with Crippen molar-refractivity contribution in [2.75, 3.05) is 11.1 Å². The maximum atomic E-state index is 12.1. The van der Waals surface area contributed by atoms with Crippen LogP contribution in [0.25, 0.3) is 5.69 Å². The van der Waals surface area contributed by atoms with E-state index in [1.54, 1.807) is 4.68 Å². The van der Waals surface area contributed by atoms with Crippen LogP contribution in [0.1, 0.15) is 0 Å². The predicted molar refractivity (Wildman–Crippen MR) is 105 cm³/mol. The summed E-state index contributed by atoms with van der Waals surface area (Å²) >= 11 is 6.87. The van der Waals surface area contributed by atoms with E-state index in [4.69, 9.17) is 0 Å². The normalized spacial score (nSPS) is 10.6. The quantitative estimate of drug-likeness (QED) is 0.413. The van der Waals surface area contributed by atoms with E-state index >= 15 is 0 Å². The fourth-order valence-corrected chi connectivity index (χ4v) is 3.37. The number of tetrazole rings is 1. The molecule has 3 rings (SSSR count). The van der Waals surface area contributed by atoms with Crippen LogP contribution in [-0.4, -0.2) is 31.9 Å². The highest BCUT2D eigenvalue weighted by molar-refractivity contribution is 14.1. The number of nitrogens with one attached hydrogen (secondary N) is 1. The number of hydrogen-bond acceptors (Lipinski definition) is 5. The second-order valence-electron chi connectivity index (χ2n) is 4.67. The highest BCUT2D eigenvalue weighted by Crippen LogP contribution is 2.21. The van der Waals surface area contributed by atoms with Gasteiger partial charge in [-0.25, -0.2) is 0 Å². The fraction of sp³-hybridized carbons (Fsp3) is 0.0667. The molecule has 0 saturated carbocycles. The van der Waals surface area contributed by atoms with Crippen molar-refractivity contribution in [3.63, 3.8) is 0 Å². The molecule has 0 bridgehead atoms. The zero-order valence-corrected chi connectivity index (χ0v) is 16.7. The van der Waals surface area contributed by atoms with Crippen molar-refractivity contribution in [1.29, 1.82) is 0 Å². The molecule has 0 unspecified atom stereocenters. The fourth-order valence-electron chi connectivity index (χ4n) is 1.89. The zero-order chi connectivity index (χ0) is 16.9. The van der Waals surface area contributed by atoms with Crippen LogP contribution in [0.15, 0.2) is 58.2 Å². The molecule has 9 heteroatoms. The molecule has 3 aromatic rings. The molecule has 2 aromatic carbocycles. The van der Waals surface area contributed by atoms with Crippen LogP contribution in [0, 0.1) is 3.57 Å². The summed E-state index contributed by atoms with van der Waals surface area (Å²) in [4.78, 5) is 12.1. The Bertz CT molecular complexity index is 855. The molecule has 0 saturated heterocycles. The van der Waals surface area contributed by atoms with Crippen molar-refractivity contribution in [3.8, 4) is 5.69 Å². The van der Waals surface area contributed by atoms with Crippen LogP contribution in [0.2, 0.25) is 0 Å². The highest BCUT2D eigenvalue weighted by atomic mass is 127. The van der Waals surface area contributed by atoms with E-state index in [1.165, 1.54) is 11.8 Å². The maximum Gasteiger partial charge on any atom is 0.234 e. The number of halogens is 2. The first kappa shape index (κ1) is 17.4. The van der Waals surface area contributed by atoms with Crippen molar-refractivity contribution >= 4 is 61.9 Å². The largest absolute Gasteiger partial charge is 0.324 e. The number of aromatic nitrogens is 4. The number of rotatable bonds is 5. The Morgan fingerprint density at radius 1 is 1.21 bits per heavy atom. The second kappa shape index (κ2) is 8.08. The lowest BCUT2D eigenvalue weighted by Crippen LogP contribution is -2.15.